The number of carbonyl (C=O) groups is 1. The van der Waals surface area contributed by atoms with Crippen LogP contribution in [0.3, 0.4) is 0 Å². The van der Waals surface area contributed by atoms with E-state index in [9.17, 15) is 4.79 Å². The van der Waals surface area contributed by atoms with Gasteiger partial charge in [-0.1, -0.05) is 42.5 Å². The zero-order chi connectivity index (χ0) is 22.1. The Bertz CT molecular complexity index is 1130. The fourth-order valence-electron chi connectivity index (χ4n) is 4.80. The Morgan fingerprint density at radius 2 is 2.00 bits per heavy atom. The summed E-state index contributed by atoms with van der Waals surface area (Å²) in [6.07, 6.45) is 3.52. The lowest BCUT2D eigenvalue weighted by Crippen LogP contribution is -2.32. The second-order valence-electron chi connectivity index (χ2n) is 9.23. The van der Waals surface area contributed by atoms with Crippen molar-refractivity contribution in [2.24, 2.45) is 5.92 Å². The molecule has 1 saturated carbocycles. The predicted octanol–water partition coefficient (Wildman–Crippen LogP) is 4.58. The number of hydrogen-bond donors (Lipinski definition) is 1. The van der Waals surface area contributed by atoms with Gasteiger partial charge >= 0.3 is 0 Å². The van der Waals surface area contributed by atoms with E-state index < -0.39 is 0 Å². The number of carbonyl (C=O) groups excluding carboxylic acids is 1. The topological polar surface area (TPSA) is 50.2 Å². The number of nitrogens with one attached hydrogen (secondary N) is 1. The van der Waals surface area contributed by atoms with Crippen molar-refractivity contribution >= 4 is 5.91 Å². The highest BCUT2D eigenvalue weighted by Crippen LogP contribution is 2.33. The number of amides is 1. The van der Waals surface area contributed by atoms with Crippen LogP contribution in [0.2, 0.25) is 0 Å². The molecule has 2 aliphatic rings. The Morgan fingerprint density at radius 1 is 1.16 bits per heavy atom. The normalized spacial score (nSPS) is 16.1. The number of nitrogens with zero attached hydrogens (tertiary/aromatic N) is 3. The molecule has 0 radical (unpaired) electrons. The molecule has 1 aromatic heterocycles. The van der Waals surface area contributed by atoms with Gasteiger partial charge in [-0.25, -0.2) is 0 Å². The van der Waals surface area contributed by atoms with E-state index >= 15 is 0 Å². The van der Waals surface area contributed by atoms with Crippen LogP contribution in [0.1, 0.15) is 52.6 Å². The monoisotopic (exact) mass is 428 g/mol. The van der Waals surface area contributed by atoms with Crippen molar-refractivity contribution < 1.29 is 4.79 Å². The first-order chi connectivity index (χ1) is 15.6. The van der Waals surface area contributed by atoms with Gasteiger partial charge in [-0.05, 0) is 60.9 Å². The first kappa shape index (κ1) is 21.0. The van der Waals surface area contributed by atoms with Gasteiger partial charge in [-0.15, -0.1) is 0 Å². The molecule has 1 aliphatic carbocycles. The number of benzene rings is 2. The fourth-order valence-corrected chi connectivity index (χ4v) is 4.80. The average Bonchev–Trinajstić information content (AvgIpc) is 3.54. The fraction of sp³-hybridized carbons (Fsp3) is 0.407. The van der Waals surface area contributed by atoms with Gasteiger partial charge in [0.25, 0.3) is 5.91 Å². The van der Waals surface area contributed by atoms with E-state index in [0.717, 1.165) is 44.1 Å². The second-order valence-corrected chi connectivity index (χ2v) is 9.23. The number of fused-ring (bicyclic) bond motifs is 1. The van der Waals surface area contributed by atoms with Crippen LogP contribution in [0.25, 0.3) is 11.1 Å². The smallest absolute Gasteiger partial charge is 0.272 e. The minimum absolute atomic E-state index is 0.0401. The van der Waals surface area contributed by atoms with E-state index in [2.05, 4.69) is 70.4 Å². The third-order valence-corrected chi connectivity index (χ3v) is 6.68. The van der Waals surface area contributed by atoms with Crippen molar-refractivity contribution in [3.63, 3.8) is 0 Å². The van der Waals surface area contributed by atoms with Crippen LogP contribution in [0.4, 0.5) is 0 Å². The van der Waals surface area contributed by atoms with Gasteiger partial charge in [0.2, 0.25) is 0 Å². The molecule has 0 unspecified atom stereocenters. The largest absolute Gasteiger partial charge is 0.351 e. The molecule has 1 aliphatic heterocycles. The maximum absolute atomic E-state index is 12.7. The Kier molecular flexibility index (Phi) is 5.83. The van der Waals surface area contributed by atoms with Crippen molar-refractivity contribution in [1.29, 1.82) is 0 Å². The maximum atomic E-state index is 12.7. The zero-order valence-electron chi connectivity index (χ0n) is 19.1. The summed E-state index contributed by atoms with van der Waals surface area (Å²) in [5, 5.41) is 7.73. The van der Waals surface area contributed by atoms with E-state index in [1.807, 2.05) is 6.92 Å². The van der Waals surface area contributed by atoms with Crippen molar-refractivity contribution in [3.8, 4) is 11.1 Å². The van der Waals surface area contributed by atoms with Crippen molar-refractivity contribution in [1.82, 2.24) is 20.0 Å². The van der Waals surface area contributed by atoms with Crippen LogP contribution in [-0.4, -0.2) is 33.7 Å². The van der Waals surface area contributed by atoms with Gasteiger partial charge in [0.1, 0.15) is 0 Å². The van der Waals surface area contributed by atoms with Gasteiger partial charge in [0.05, 0.1) is 0 Å². The predicted molar refractivity (Wildman–Crippen MR) is 127 cm³/mol. The molecule has 0 atom stereocenters. The first-order valence-corrected chi connectivity index (χ1v) is 11.9. The molecule has 5 heteroatoms. The number of rotatable bonds is 7. The van der Waals surface area contributed by atoms with Crippen LogP contribution >= 0.6 is 0 Å². The highest BCUT2D eigenvalue weighted by molar-refractivity contribution is 5.94. The summed E-state index contributed by atoms with van der Waals surface area (Å²) in [7, 11) is 0. The van der Waals surface area contributed by atoms with Gasteiger partial charge in [0, 0.05) is 50.4 Å². The number of hydrogen-bond acceptors (Lipinski definition) is 3. The molecule has 1 fully saturated rings. The van der Waals surface area contributed by atoms with Crippen LogP contribution in [0.15, 0.2) is 48.5 Å². The molecule has 5 rings (SSSR count). The zero-order valence-corrected chi connectivity index (χ0v) is 19.1. The Balaban J connectivity index is 1.37. The van der Waals surface area contributed by atoms with E-state index in [4.69, 9.17) is 5.10 Å². The van der Waals surface area contributed by atoms with Gasteiger partial charge in [-0.3, -0.25) is 14.4 Å². The molecular weight excluding hydrogens is 396 g/mol. The number of aromatic nitrogens is 2. The standard InChI is InChI=1S/C27H32N4O/c1-3-28-27(32)26-24-18-30(14-13-25(24)31(29-26)17-20-11-12-20)16-21-8-6-9-22(15-21)23-10-5-4-7-19(23)2/h4-10,15,20H,3,11-14,16-18H2,1-2H3,(H,28,32). The maximum Gasteiger partial charge on any atom is 0.272 e. The van der Waals surface area contributed by atoms with Crippen molar-refractivity contribution in [2.45, 2.75) is 52.7 Å². The molecule has 0 saturated heterocycles. The summed E-state index contributed by atoms with van der Waals surface area (Å²) in [6, 6.07) is 17.4. The molecular formula is C27H32N4O. The van der Waals surface area contributed by atoms with Crippen LogP contribution in [-0.2, 0) is 26.1 Å². The molecule has 32 heavy (non-hydrogen) atoms. The summed E-state index contributed by atoms with van der Waals surface area (Å²) >= 11 is 0. The van der Waals surface area contributed by atoms with Crippen LogP contribution in [0, 0.1) is 12.8 Å². The van der Waals surface area contributed by atoms with Crippen molar-refractivity contribution in [2.75, 3.05) is 13.1 Å². The molecule has 5 nitrogen and oxygen atoms in total. The highest BCUT2D eigenvalue weighted by Gasteiger charge is 2.30. The van der Waals surface area contributed by atoms with Crippen molar-refractivity contribution in [3.05, 3.63) is 76.6 Å². The second kappa shape index (κ2) is 8.91. The lowest BCUT2D eigenvalue weighted by Gasteiger charge is -2.28. The Morgan fingerprint density at radius 3 is 2.78 bits per heavy atom. The molecule has 166 valence electrons. The van der Waals surface area contributed by atoms with Gasteiger partial charge in [0.15, 0.2) is 5.69 Å². The number of aryl methyl sites for hydroxylation is 1. The average molecular weight is 429 g/mol. The van der Waals surface area contributed by atoms with E-state index in [1.54, 1.807) is 0 Å². The van der Waals surface area contributed by atoms with E-state index in [1.165, 1.54) is 40.8 Å². The van der Waals surface area contributed by atoms with Gasteiger partial charge < -0.3 is 5.32 Å². The SMILES string of the molecule is CCNC(=O)c1nn(CC2CC2)c2c1CN(Cc1cccc(-c3ccccc3C)c1)CC2. The molecule has 2 aromatic carbocycles. The van der Waals surface area contributed by atoms with Gasteiger partial charge in [-0.2, -0.15) is 5.10 Å². The summed E-state index contributed by atoms with van der Waals surface area (Å²) in [4.78, 5) is 15.2. The molecule has 0 bridgehead atoms. The third-order valence-electron chi connectivity index (χ3n) is 6.68. The van der Waals surface area contributed by atoms with Crippen LogP contribution in [0.5, 0.6) is 0 Å². The summed E-state index contributed by atoms with van der Waals surface area (Å²) < 4.78 is 2.13. The minimum atomic E-state index is -0.0401. The van der Waals surface area contributed by atoms with E-state index in [-0.39, 0.29) is 5.91 Å². The molecule has 0 spiro atoms. The highest BCUT2D eigenvalue weighted by atomic mass is 16.1. The Labute approximate surface area is 190 Å². The lowest BCUT2D eigenvalue weighted by molar-refractivity contribution is 0.0947. The first-order valence-electron chi connectivity index (χ1n) is 11.9. The van der Waals surface area contributed by atoms with E-state index in [0.29, 0.717) is 12.2 Å². The Hall–Kier alpha value is -2.92. The molecule has 2 heterocycles. The minimum Gasteiger partial charge on any atom is -0.351 e. The molecule has 3 aromatic rings. The summed E-state index contributed by atoms with van der Waals surface area (Å²) in [5.41, 5.74) is 8.16. The molecule has 1 amide bonds. The summed E-state index contributed by atoms with van der Waals surface area (Å²) in [5.74, 6) is 0.699. The lowest BCUT2D eigenvalue weighted by atomic mass is 9.98. The summed E-state index contributed by atoms with van der Waals surface area (Å²) in [6.45, 7) is 8.35. The third kappa shape index (κ3) is 4.35. The van der Waals surface area contributed by atoms with Crippen LogP contribution < -0.4 is 5.32 Å². The quantitative estimate of drug-likeness (QED) is 0.599. The molecule has 1 N–H and O–H groups in total.